The maximum absolute atomic E-state index is 13.6. The van der Waals surface area contributed by atoms with Crippen LogP contribution in [0.3, 0.4) is 0 Å². The van der Waals surface area contributed by atoms with E-state index in [1.54, 1.807) is 6.92 Å². The summed E-state index contributed by atoms with van der Waals surface area (Å²) in [4.78, 5) is 34.5. The van der Waals surface area contributed by atoms with E-state index >= 15 is 0 Å². The molecule has 1 aliphatic heterocycles. The molecular formula is C17H19FN6O6. The minimum absolute atomic E-state index is 0.0193. The van der Waals surface area contributed by atoms with Crippen molar-refractivity contribution in [2.24, 2.45) is 0 Å². The molecule has 3 atom stereocenters. The van der Waals surface area contributed by atoms with Gasteiger partial charge in [-0.1, -0.05) is 5.92 Å². The first-order chi connectivity index (χ1) is 14.3. The second-order valence-electron chi connectivity index (χ2n) is 6.25. The van der Waals surface area contributed by atoms with Crippen LogP contribution in [-0.2, 0) is 19.0 Å². The normalized spacial score (nSPS) is 23.1. The number of halogens is 1. The summed E-state index contributed by atoms with van der Waals surface area (Å²) >= 11 is 0. The van der Waals surface area contributed by atoms with Gasteiger partial charge in [-0.25, -0.2) is 9.78 Å². The van der Waals surface area contributed by atoms with Gasteiger partial charge in [-0.2, -0.15) is 14.4 Å². The molecule has 0 saturated carbocycles. The first kappa shape index (κ1) is 21.2. The highest BCUT2D eigenvalue weighted by Gasteiger charge is 2.51. The third kappa shape index (κ3) is 3.95. The Hall–Kier alpha value is -3.50. The number of rotatable bonds is 6. The predicted molar refractivity (Wildman–Crippen MR) is 98.0 cm³/mol. The van der Waals surface area contributed by atoms with Crippen LogP contribution in [0.1, 0.15) is 19.6 Å². The SMILES string of the molecule is C#C[C@]1(CO)O[C@@H](n2cnc3c(N)nc(F)nc32)C[C@@H]1OC(=O)NCC(=O)OCC. The smallest absolute Gasteiger partial charge is 0.408 e. The lowest BCUT2D eigenvalue weighted by atomic mass is 9.99. The van der Waals surface area contributed by atoms with Crippen molar-refractivity contribution in [3.8, 4) is 12.3 Å². The zero-order valence-electron chi connectivity index (χ0n) is 15.9. The lowest BCUT2D eigenvalue weighted by Crippen LogP contribution is -2.46. The van der Waals surface area contributed by atoms with Crippen molar-refractivity contribution in [3.05, 3.63) is 12.4 Å². The van der Waals surface area contributed by atoms with Gasteiger partial charge in [0.05, 0.1) is 19.5 Å². The standard InChI is InChI=1S/C17H19FN6O6/c1-3-17(7-25)9(29-16(27)20-6-11(26)28-4-2)5-10(30-17)24-8-21-12-13(19)22-15(18)23-14(12)24/h1,8-10,25H,4-7H2,2H3,(H,20,27)(H2,19,22,23)/t9-,10+,17+/m0/s1. The van der Waals surface area contributed by atoms with Crippen LogP contribution >= 0.6 is 0 Å². The third-order valence-corrected chi connectivity index (χ3v) is 4.42. The number of carbonyl (C=O) groups excluding carboxylic acids is 2. The number of fused-ring (bicyclic) bond motifs is 1. The van der Waals surface area contributed by atoms with E-state index in [0.29, 0.717) is 0 Å². The zero-order valence-corrected chi connectivity index (χ0v) is 15.9. The molecule has 2 aromatic heterocycles. The van der Waals surface area contributed by atoms with E-state index in [9.17, 15) is 19.1 Å². The van der Waals surface area contributed by atoms with Gasteiger partial charge in [0.1, 0.15) is 12.8 Å². The first-order valence-corrected chi connectivity index (χ1v) is 8.85. The number of nitrogens with two attached hydrogens (primary N) is 1. The van der Waals surface area contributed by atoms with Crippen molar-refractivity contribution >= 4 is 29.0 Å². The lowest BCUT2D eigenvalue weighted by molar-refractivity contribution is -0.142. The summed E-state index contributed by atoms with van der Waals surface area (Å²) in [6, 6.07) is 0. The van der Waals surface area contributed by atoms with E-state index in [0.717, 1.165) is 0 Å². The molecule has 13 heteroatoms. The summed E-state index contributed by atoms with van der Waals surface area (Å²) in [5.41, 5.74) is 4.16. The number of hydrogen-bond acceptors (Lipinski definition) is 10. The van der Waals surface area contributed by atoms with Crippen LogP contribution in [-0.4, -0.2) is 68.2 Å². The summed E-state index contributed by atoms with van der Waals surface area (Å²) in [5.74, 6) is 1.49. The maximum atomic E-state index is 13.6. The van der Waals surface area contributed by atoms with Crippen LogP contribution in [0.15, 0.2) is 6.33 Å². The Kier molecular flexibility index (Phi) is 5.99. The number of ether oxygens (including phenoxy) is 3. The summed E-state index contributed by atoms with van der Waals surface area (Å²) in [7, 11) is 0. The molecule has 1 fully saturated rings. The molecule has 3 heterocycles. The summed E-state index contributed by atoms with van der Waals surface area (Å²) < 4.78 is 30.7. The molecule has 0 aromatic carbocycles. The molecule has 0 radical (unpaired) electrons. The molecular weight excluding hydrogens is 403 g/mol. The fourth-order valence-electron chi connectivity index (χ4n) is 3.01. The molecule has 0 unspecified atom stereocenters. The van der Waals surface area contributed by atoms with E-state index in [4.69, 9.17) is 26.4 Å². The number of nitrogens with zero attached hydrogens (tertiary/aromatic N) is 4. The number of anilines is 1. The van der Waals surface area contributed by atoms with Crippen LogP contribution in [0.2, 0.25) is 0 Å². The van der Waals surface area contributed by atoms with Crippen molar-refractivity contribution in [3.63, 3.8) is 0 Å². The van der Waals surface area contributed by atoms with Crippen LogP contribution in [0.25, 0.3) is 11.2 Å². The fourth-order valence-corrected chi connectivity index (χ4v) is 3.01. The van der Waals surface area contributed by atoms with E-state index in [-0.39, 0.29) is 30.0 Å². The van der Waals surface area contributed by atoms with Crippen molar-refractivity contribution in [1.29, 1.82) is 0 Å². The number of esters is 1. The summed E-state index contributed by atoms with van der Waals surface area (Å²) in [6.07, 6.45) is 2.78. The molecule has 1 saturated heterocycles. The van der Waals surface area contributed by atoms with Gasteiger partial charge in [0, 0.05) is 6.42 Å². The molecule has 4 N–H and O–H groups in total. The average molecular weight is 422 g/mol. The van der Waals surface area contributed by atoms with Gasteiger partial charge in [0.15, 0.2) is 28.7 Å². The predicted octanol–water partition coefficient (Wildman–Crippen LogP) is -0.511. The number of aliphatic hydroxyl groups excluding tert-OH is 1. The van der Waals surface area contributed by atoms with Gasteiger partial charge >= 0.3 is 18.1 Å². The van der Waals surface area contributed by atoms with Gasteiger partial charge in [0.25, 0.3) is 0 Å². The van der Waals surface area contributed by atoms with Crippen LogP contribution in [0.5, 0.6) is 0 Å². The first-order valence-electron chi connectivity index (χ1n) is 8.85. The number of hydrogen-bond donors (Lipinski definition) is 3. The van der Waals surface area contributed by atoms with Gasteiger partial charge < -0.3 is 30.4 Å². The second kappa shape index (κ2) is 8.47. The van der Waals surface area contributed by atoms with Gasteiger partial charge in [-0.3, -0.25) is 9.36 Å². The maximum Gasteiger partial charge on any atom is 0.408 e. The van der Waals surface area contributed by atoms with E-state index < -0.39 is 49.2 Å². The monoisotopic (exact) mass is 422 g/mol. The number of alkyl carbamates (subject to hydrolysis) is 1. The molecule has 0 spiro atoms. The van der Waals surface area contributed by atoms with Crippen LogP contribution in [0, 0.1) is 18.4 Å². The highest BCUT2D eigenvalue weighted by molar-refractivity contribution is 5.81. The number of amides is 1. The van der Waals surface area contributed by atoms with Crippen LogP contribution in [0.4, 0.5) is 15.0 Å². The Balaban J connectivity index is 1.80. The summed E-state index contributed by atoms with van der Waals surface area (Å²) in [6.45, 7) is 0.701. The number of imidazole rings is 1. The highest BCUT2D eigenvalue weighted by Crippen LogP contribution is 2.39. The van der Waals surface area contributed by atoms with Crippen LogP contribution < -0.4 is 11.1 Å². The molecule has 1 aliphatic rings. The fraction of sp³-hybridized carbons (Fsp3) is 0.471. The molecule has 30 heavy (non-hydrogen) atoms. The average Bonchev–Trinajstić information content (AvgIpc) is 3.28. The minimum Gasteiger partial charge on any atom is -0.465 e. The molecule has 0 bridgehead atoms. The molecule has 12 nitrogen and oxygen atoms in total. The Labute approximate surface area is 169 Å². The van der Waals surface area contributed by atoms with Crippen molar-refractivity contribution in [1.82, 2.24) is 24.8 Å². The number of aliphatic hydroxyl groups is 1. The summed E-state index contributed by atoms with van der Waals surface area (Å²) in [5, 5.41) is 12.0. The van der Waals surface area contributed by atoms with Gasteiger partial charge in [-0.05, 0) is 6.92 Å². The topological polar surface area (TPSA) is 164 Å². The largest absolute Gasteiger partial charge is 0.465 e. The lowest BCUT2D eigenvalue weighted by Gasteiger charge is -2.26. The Morgan fingerprint density at radius 3 is 3.00 bits per heavy atom. The Morgan fingerprint density at radius 2 is 2.33 bits per heavy atom. The van der Waals surface area contributed by atoms with E-state index in [1.807, 2.05) is 0 Å². The van der Waals surface area contributed by atoms with Gasteiger partial charge in [-0.15, -0.1) is 6.42 Å². The third-order valence-electron chi connectivity index (χ3n) is 4.42. The minimum atomic E-state index is -1.68. The second-order valence-corrected chi connectivity index (χ2v) is 6.25. The number of nitrogen functional groups attached to an aromatic ring is 1. The Bertz CT molecular complexity index is 1010. The number of nitrogens with one attached hydrogen (secondary N) is 1. The number of terminal acetylenes is 1. The molecule has 1 amide bonds. The molecule has 2 aromatic rings. The highest BCUT2D eigenvalue weighted by atomic mass is 19.1. The Morgan fingerprint density at radius 1 is 1.57 bits per heavy atom. The molecule has 0 aliphatic carbocycles. The van der Waals surface area contributed by atoms with Gasteiger partial charge in [0.2, 0.25) is 0 Å². The quantitative estimate of drug-likeness (QED) is 0.314. The number of carbonyl (C=O) groups is 2. The molecule has 160 valence electrons. The van der Waals surface area contributed by atoms with E-state index in [1.165, 1.54) is 10.9 Å². The van der Waals surface area contributed by atoms with Crippen molar-refractivity contribution < 1.29 is 33.3 Å². The van der Waals surface area contributed by atoms with Crippen molar-refractivity contribution in [2.75, 3.05) is 25.5 Å². The number of aromatic nitrogens is 4. The molecule has 3 rings (SSSR count). The van der Waals surface area contributed by atoms with Crippen molar-refractivity contribution in [2.45, 2.75) is 31.3 Å². The zero-order chi connectivity index (χ0) is 21.9. The van der Waals surface area contributed by atoms with E-state index in [2.05, 4.69) is 26.2 Å².